The normalized spacial score (nSPS) is 10.1. The summed E-state index contributed by atoms with van der Waals surface area (Å²) in [6.45, 7) is 2.08. The molecule has 158 valence electrons. The molecule has 0 aliphatic carbocycles. The lowest BCUT2D eigenvalue weighted by molar-refractivity contribution is -0.118. The van der Waals surface area contributed by atoms with Crippen LogP contribution in [0.4, 0.5) is 16.2 Å². The van der Waals surface area contributed by atoms with Crippen LogP contribution in [0.3, 0.4) is 0 Å². The zero-order chi connectivity index (χ0) is 22.1. The second-order valence-corrected chi connectivity index (χ2v) is 6.92. The Morgan fingerprint density at radius 3 is 2.23 bits per heavy atom. The number of carbonyl (C=O) groups is 3. The molecule has 0 saturated heterocycles. The second-order valence-electron chi connectivity index (χ2n) is 6.92. The van der Waals surface area contributed by atoms with E-state index in [4.69, 9.17) is 0 Å². The first kappa shape index (κ1) is 21.6. The summed E-state index contributed by atoms with van der Waals surface area (Å²) >= 11 is 0. The van der Waals surface area contributed by atoms with E-state index in [1.54, 1.807) is 30.3 Å². The molecule has 7 heteroatoms. The smallest absolute Gasteiger partial charge is 0.321 e. The number of aryl methyl sites for hydroxylation is 1. The summed E-state index contributed by atoms with van der Waals surface area (Å²) < 4.78 is 0. The Kier molecular flexibility index (Phi) is 7.37. The molecule has 0 fully saturated rings. The van der Waals surface area contributed by atoms with Crippen molar-refractivity contribution in [2.75, 3.05) is 17.2 Å². The van der Waals surface area contributed by atoms with Crippen LogP contribution in [0.15, 0.2) is 78.9 Å². The van der Waals surface area contributed by atoms with E-state index in [2.05, 4.69) is 21.3 Å². The van der Waals surface area contributed by atoms with E-state index >= 15 is 0 Å². The van der Waals surface area contributed by atoms with Crippen molar-refractivity contribution in [3.8, 4) is 0 Å². The lowest BCUT2D eigenvalue weighted by Crippen LogP contribution is -2.41. The lowest BCUT2D eigenvalue weighted by atomic mass is 10.1. The zero-order valence-electron chi connectivity index (χ0n) is 17.1. The van der Waals surface area contributed by atoms with Crippen LogP contribution < -0.4 is 21.3 Å². The summed E-state index contributed by atoms with van der Waals surface area (Å²) in [5.41, 5.74) is 3.60. The third kappa shape index (κ3) is 6.71. The Labute approximate surface area is 180 Å². The summed E-state index contributed by atoms with van der Waals surface area (Å²) in [5, 5.41) is 10.7. The number of hydrogen-bond acceptors (Lipinski definition) is 4. The molecule has 0 aliphatic rings. The highest BCUT2D eigenvalue weighted by atomic mass is 16.2. The Morgan fingerprint density at radius 1 is 0.839 bits per heavy atom. The number of nitrogens with one attached hydrogen (secondary N) is 4. The Hall–Kier alpha value is -4.13. The van der Waals surface area contributed by atoms with Gasteiger partial charge in [0.15, 0.2) is 0 Å². The maximum absolute atomic E-state index is 12.5. The van der Waals surface area contributed by atoms with E-state index in [9.17, 15) is 14.4 Å². The largest absolute Gasteiger partial charge is 0.376 e. The third-order valence-corrected chi connectivity index (χ3v) is 4.52. The number of imide groups is 1. The maximum Gasteiger partial charge on any atom is 0.321 e. The van der Waals surface area contributed by atoms with Crippen LogP contribution in [0.5, 0.6) is 0 Å². The fourth-order valence-electron chi connectivity index (χ4n) is 2.85. The van der Waals surface area contributed by atoms with Gasteiger partial charge in [-0.15, -0.1) is 0 Å². The molecule has 0 heterocycles. The standard InChI is InChI=1S/C24H24N4O3/c1-17-12-13-19(23(30)27-20-10-6-3-7-11-20)14-21(17)25-16-22(29)28-24(31)26-15-18-8-4-2-5-9-18/h2-14,25H,15-16H2,1H3,(H,27,30)(H2,26,28,29,31). The van der Waals surface area contributed by atoms with E-state index in [0.717, 1.165) is 11.1 Å². The molecule has 31 heavy (non-hydrogen) atoms. The molecular formula is C24H24N4O3. The van der Waals surface area contributed by atoms with Gasteiger partial charge in [0, 0.05) is 23.5 Å². The average Bonchev–Trinajstić information content (AvgIpc) is 2.78. The van der Waals surface area contributed by atoms with Crippen LogP contribution in [-0.2, 0) is 11.3 Å². The summed E-state index contributed by atoms with van der Waals surface area (Å²) in [7, 11) is 0. The average molecular weight is 416 g/mol. The molecule has 0 saturated carbocycles. The molecule has 0 unspecified atom stereocenters. The molecule has 4 N–H and O–H groups in total. The minimum Gasteiger partial charge on any atom is -0.376 e. The summed E-state index contributed by atoms with van der Waals surface area (Å²) in [4.78, 5) is 36.5. The maximum atomic E-state index is 12.5. The monoisotopic (exact) mass is 416 g/mol. The van der Waals surface area contributed by atoms with Crippen LogP contribution in [0, 0.1) is 6.92 Å². The molecule has 0 aromatic heterocycles. The van der Waals surface area contributed by atoms with E-state index in [1.807, 2.05) is 55.5 Å². The molecule has 0 atom stereocenters. The lowest BCUT2D eigenvalue weighted by Gasteiger charge is -2.12. The van der Waals surface area contributed by atoms with Crippen molar-refractivity contribution < 1.29 is 14.4 Å². The number of amides is 4. The zero-order valence-corrected chi connectivity index (χ0v) is 17.1. The third-order valence-electron chi connectivity index (χ3n) is 4.52. The molecule has 4 amide bonds. The number of anilines is 2. The topological polar surface area (TPSA) is 99.3 Å². The first-order valence-corrected chi connectivity index (χ1v) is 9.84. The van der Waals surface area contributed by atoms with Gasteiger partial charge >= 0.3 is 6.03 Å². The van der Waals surface area contributed by atoms with Gasteiger partial charge in [-0.1, -0.05) is 54.6 Å². The van der Waals surface area contributed by atoms with E-state index < -0.39 is 11.9 Å². The highest BCUT2D eigenvalue weighted by molar-refractivity contribution is 6.05. The fraction of sp³-hybridized carbons (Fsp3) is 0.125. The van der Waals surface area contributed by atoms with E-state index in [1.165, 1.54) is 0 Å². The van der Waals surface area contributed by atoms with Gasteiger partial charge < -0.3 is 16.0 Å². The second kappa shape index (κ2) is 10.6. The number of benzene rings is 3. The number of hydrogen-bond donors (Lipinski definition) is 4. The molecule has 3 rings (SSSR count). The number of urea groups is 1. The fourth-order valence-corrected chi connectivity index (χ4v) is 2.85. The highest BCUT2D eigenvalue weighted by Crippen LogP contribution is 2.18. The van der Waals surface area contributed by atoms with Crippen molar-refractivity contribution in [2.24, 2.45) is 0 Å². The van der Waals surface area contributed by atoms with Gasteiger partial charge in [0.2, 0.25) is 5.91 Å². The van der Waals surface area contributed by atoms with Crippen LogP contribution >= 0.6 is 0 Å². The Bertz CT molecular complexity index is 1050. The molecule has 0 spiro atoms. The first-order valence-electron chi connectivity index (χ1n) is 9.84. The van der Waals surface area contributed by atoms with E-state index in [0.29, 0.717) is 23.5 Å². The Balaban J connectivity index is 1.51. The van der Waals surface area contributed by atoms with Gasteiger partial charge in [-0.25, -0.2) is 4.79 Å². The quantitative estimate of drug-likeness (QED) is 0.472. The van der Waals surface area contributed by atoms with Crippen LogP contribution in [-0.4, -0.2) is 24.4 Å². The van der Waals surface area contributed by atoms with Gasteiger partial charge in [-0.3, -0.25) is 14.9 Å². The minimum absolute atomic E-state index is 0.108. The molecule has 0 aliphatic heterocycles. The van der Waals surface area contributed by atoms with Crippen molar-refractivity contribution >= 4 is 29.2 Å². The molecule has 7 nitrogen and oxygen atoms in total. The number of carbonyl (C=O) groups excluding carboxylic acids is 3. The van der Waals surface area contributed by atoms with Crippen molar-refractivity contribution in [1.29, 1.82) is 0 Å². The van der Waals surface area contributed by atoms with E-state index in [-0.39, 0.29) is 12.5 Å². The summed E-state index contributed by atoms with van der Waals surface area (Å²) in [6.07, 6.45) is 0. The van der Waals surface area contributed by atoms with Crippen LogP contribution in [0.2, 0.25) is 0 Å². The van der Waals surface area contributed by atoms with Crippen LogP contribution in [0.25, 0.3) is 0 Å². The Morgan fingerprint density at radius 2 is 1.52 bits per heavy atom. The van der Waals surface area contributed by atoms with Gasteiger partial charge in [0.25, 0.3) is 5.91 Å². The minimum atomic E-state index is -0.566. The van der Waals surface area contributed by atoms with Crippen molar-refractivity contribution in [3.63, 3.8) is 0 Å². The molecule has 0 bridgehead atoms. The van der Waals surface area contributed by atoms with Gasteiger partial charge in [0.1, 0.15) is 0 Å². The molecular weight excluding hydrogens is 392 g/mol. The van der Waals surface area contributed by atoms with Gasteiger partial charge in [-0.2, -0.15) is 0 Å². The van der Waals surface area contributed by atoms with Gasteiger partial charge in [-0.05, 0) is 42.3 Å². The predicted molar refractivity (Wildman–Crippen MR) is 121 cm³/mol. The first-order chi connectivity index (χ1) is 15.0. The van der Waals surface area contributed by atoms with Crippen molar-refractivity contribution in [3.05, 3.63) is 95.6 Å². The van der Waals surface area contributed by atoms with Crippen molar-refractivity contribution in [2.45, 2.75) is 13.5 Å². The highest BCUT2D eigenvalue weighted by Gasteiger charge is 2.11. The van der Waals surface area contributed by atoms with Gasteiger partial charge in [0.05, 0.1) is 6.54 Å². The SMILES string of the molecule is Cc1ccc(C(=O)Nc2ccccc2)cc1NCC(=O)NC(=O)NCc1ccccc1. The summed E-state index contributed by atoms with van der Waals surface area (Å²) in [6, 6.07) is 23.2. The number of para-hydroxylation sites is 1. The van der Waals surface area contributed by atoms with Crippen molar-refractivity contribution in [1.82, 2.24) is 10.6 Å². The van der Waals surface area contributed by atoms with Crippen LogP contribution in [0.1, 0.15) is 21.5 Å². The predicted octanol–water partition coefficient (Wildman–Crippen LogP) is 3.69. The molecule has 3 aromatic carbocycles. The molecule has 3 aromatic rings. The molecule has 0 radical (unpaired) electrons. The summed E-state index contributed by atoms with van der Waals surface area (Å²) in [5.74, 6) is -0.733. The number of rotatable bonds is 7.